The standard InChI is InChI=1S/C13H11BrN2/c14-12-9-5-4-8-11(12)13(15)16-10-6-2-1-3-7-10/h1-9H,(H2,15,16). The van der Waals surface area contributed by atoms with E-state index in [2.05, 4.69) is 21.2 Å². The molecule has 0 amide bonds. The summed E-state index contributed by atoms with van der Waals surface area (Å²) in [5.41, 5.74) is 1.77. The van der Waals surface area contributed by atoms with Crippen LogP contribution >= 0.6 is 15.9 Å². The first kappa shape index (κ1) is 10.9. The molecule has 2 N–H and O–H groups in total. The molecule has 0 saturated heterocycles. The second-order valence-electron chi connectivity index (χ2n) is 3.35. The molecule has 0 atom stereocenters. The average molecular weight is 275 g/mol. The molecule has 0 bridgehead atoms. The van der Waals surface area contributed by atoms with Crippen LogP contribution in [0.4, 0.5) is 5.69 Å². The lowest BCUT2D eigenvalue weighted by molar-refractivity contribution is 1.43. The number of amidine groups is 1. The molecule has 2 nitrogen and oxygen atoms in total. The first-order valence-electron chi connectivity index (χ1n) is 4.93. The van der Waals surface area contributed by atoms with Crippen molar-refractivity contribution in [2.45, 2.75) is 0 Å². The fourth-order valence-electron chi connectivity index (χ4n) is 1.40. The third-order valence-electron chi connectivity index (χ3n) is 2.19. The maximum atomic E-state index is 7.97. The van der Waals surface area contributed by atoms with Gasteiger partial charge >= 0.3 is 0 Å². The zero-order valence-electron chi connectivity index (χ0n) is 8.57. The largest absolute Gasteiger partial charge is 0.340 e. The van der Waals surface area contributed by atoms with Crippen molar-refractivity contribution >= 4 is 27.5 Å². The van der Waals surface area contributed by atoms with Crippen molar-refractivity contribution in [2.24, 2.45) is 0 Å². The topological polar surface area (TPSA) is 35.9 Å². The van der Waals surface area contributed by atoms with Gasteiger partial charge in [-0.05, 0) is 18.2 Å². The van der Waals surface area contributed by atoms with E-state index in [1.54, 1.807) is 0 Å². The van der Waals surface area contributed by atoms with Crippen LogP contribution in [-0.2, 0) is 0 Å². The molecule has 0 aliphatic heterocycles. The molecule has 80 valence electrons. The highest BCUT2D eigenvalue weighted by molar-refractivity contribution is 9.10. The molecule has 3 heteroatoms. The first-order valence-corrected chi connectivity index (χ1v) is 5.72. The van der Waals surface area contributed by atoms with Crippen molar-refractivity contribution in [3.05, 3.63) is 64.6 Å². The number of benzene rings is 2. The molecule has 0 aromatic heterocycles. The zero-order chi connectivity index (χ0) is 11.4. The van der Waals surface area contributed by atoms with Crippen LogP contribution in [0.1, 0.15) is 5.56 Å². The molecule has 0 radical (unpaired) electrons. The summed E-state index contributed by atoms with van der Waals surface area (Å²) in [5.74, 6) is 0.388. The Labute approximate surface area is 103 Å². The van der Waals surface area contributed by atoms with Crippen molar-refractivity contribution in [2.75, 3.05) is 5.32 Å². The monoisotopic (exact) mass is 274 g/mol. The molecule has 2 aromatic rings. The van der Waals surface area contributed by atoms with E-state index < -0.39 is 0 Å². The first-order chi connectivity index (χ1) is 7.77. The number of halogens is 1. The third-order valence-corrected chi connectivity index (χ3v) is 2.88. The molecule has 2 rings (SSSR count). The fraction of sp³-hybridized carbons (Fsp3) is 0. The van der Waals surface area contributed by atoms with Gasteiger partial charge in [0, 0.05) is 15.7 Å². The van der Waals surface area contributed by atoms with Gasteiger partial charge in [0.25, 0.3) is 0 Å². The van der Waals surface area contributed by atoms with E-state index in [1.807, 2.05) is 54.6 Å². The third kappa shape index (κ3) is 2.49. The summed E-state index contributed by atoms with van der Waals surface area (Å²) in [6.07, 6.45) is 0. The Bertz CT molecular complexity index is 494. The van der Waals surface area contributed by atoms with Crippen LogP contribution in [-0.4, -0.2) is 5.84 Å². The summed E-state index contributed by atoms with van der Waals surface area (Å²) < 4.78 is 0.920. The number of para-hydroxylation sites is 1. The van der Waals surface area contributed by atoms with Crippen LogP contribution < -0.4 is 5.32 Å². The van der Waals surface area contributed by atoms with E-state index in [0.717, 1.165) is 15.7 Å². The number of rotatable bonds is 2. The molecule has 2 aromatic carbocycles. The Hall–Kier alpha value is -1.61. The van der Waals surface area contributed by atoms with Gasteiger partial charge in [0.15, 0.2) is 0 Å². The Balaban J connectivity index is 2.19. The molecular weight excluding hydrogens is 264 g/mol. The summed E-state index contributed by atoms with van der Waals surface area (Å²) in [6.45, 7) is 0. The van der Waals surface area contributed by atoms with Crippen molar-refractivity contribution < 1.29 is 0 Å². The SMILES string of the molecule is N=C(Nc1ccccc1)c1ccccc1Br. The molecular formula is C13H11BrN2. The van der Waals surface area contributed by atoms with Crippen LogP contribution in [0.2, 0.25) is 0 Å². The van der Waals surface area contributed by atoms with Crippen molar-refractivity contribution in [1.82, 2.24) is 0 Å². The van der Waals surface area contributed by atoms with Gasteiger partial charge in [-0.1, -0.05) is 52.3 Å². The van der Waals surface area contributed by atoms with E-state index in [4.69, 9.17) is 5.41 Å². The second kappa shape index (κ2) is 4.94. The lowest BCUT2D eigenvalue weighted by Crippen LogP contribution is -2.12. The van der Waals surface area contributed by atoms with E-state index in [-0.39, 0.29) is 0 Å². The van der Waals surface area contributed by atoms with Gasteiger partial charge in [0.2, 0.25) is 0 Å². The van der Waals surface area contributed by atoms with Crippen molar-refractivity contribution in [3.8, 4) is 0 Å². The molecule has 0 fully saturated rings. The van der Waals surface area contributed by atoms with Crippen LogP contribution in [0.15, 0.2) is 59.1 Å². The Morgan fingerprint density at radius 2 is 1.56 bits per heavy atom. The highest BCUT2D eigenvalue weighted by Gasteiger charge is 2.04. The summed E-state index contributed by atoms with van der Waals surface area (Å²) >= 11 is 3.43. The van der Waals surface area contributed by atoms with Crippen molar-refractivity contribution in [1.29, 1.82) is 5.41 Å². The number of hydrogen-bond acceptors (Lipinski definition) is 1. The van der Waals surface area contributed by atoms with Crippen LogP contribution in [0.5, 0.6) is 0 Å². The highest BCUT2D eigenvalue weighted by Crippen LogP contribution is 2.17. The Morgan fingerprint density at radius 1 is 0.938 bits per heavy atom. The summed E-state index contributed by atoms with van der Waals surface area (Å²) in [7, 11) is 0. The molecule has 0 aliphatic rings. The average Bonchev–Trinajstić information content (AvgIpc) is 2.31. The zero-order valence-corrected chi connectivity index (χ0v) is 10.2. The highest BCUT2D eigenvalue weighted by atomic mass is 79.9. The van der Waals surface area contributed by atoms with Crippen LogP contribution in [0.25, 0.3) is 0 Å². The van der Waals surface area contributed by atoms with Gasteiger partial charge in [-0.2, -0.15) is 0 Å². The number of nitrogens with one attached hydrogen (secondary N) is 2. The van der Waals surface area contributed by atoms with Gasteiger partial charge in [-0.3, -0.25) is 5.41 Å². The minimum Gasteiger partial charge on any atom is -0.340 e. The predicted molar refractivity (Wildman–Crippen MR) is 71.0 cm³/mol. The normalized spacial score (nSPS) is 9.81. The maximum Gasteiger partial charge on any atom is 0.131 e. The molecule has 0 aliphatic carbocycles. The summed E-state index contributed by atoms with van der Waals surface area (Å²) in [4.78, 5) is 0. The van der Waals surface area contributed by atoms with Gasteiger partial charge in [0.05, 0.1) is 0 Å². The minimum absolute atomic E-state index is 0.388. The molecule has 0 heterocycles. The summed E-state index contributed by atoms with van der Waals surface area (Å²) in [5, 5.41) is 11.0. The predicted octanol–water partition coefficient (Wildman–Crippen LogP) is 3.89. The van der Waals surface area contributed by atoms with Gasteiger partial charge in [0.1, 0.15) is 5.84 Å². The lowest BCUT2D eigenvalue weighted by Gasteiger charge is -2.09. The van der Waals surface area contributed by atoms with Gasteiger partial charge in [-0.15, -0.1) is 0 Å². The van der Waals surface area contributed by atoms with Crippen LogP contribution in [0, 0.1) is 5.41 Å². The molecule has 0 unspecified atom stereocenters. The van der Waals surface area contributed by atoms with E-state index in [1.165, 1.54) is 0 Å². The Kier molecular flexibility index (Phi) is 3.37. The smallest absolute Gasteiger partial charge is 0.131 e. The van der Waals surface area contributed by atoms with E-state index in [0.29, 0.717) is 5.84 Å². The minimum atomic E-state index is 0.388. The Morgan fingerprint density at radius 3 is 2.25 bits per heavy atom. The quantitative estimate of drug-likeness (QED) is 0.633. The fourth-order valence-corrected chi connectivity index (χ4v) is 1.88. The molecule has 0 spiro atoms. The lowest BCUT2D eigenvalue weighted by atomic mass is 10.2. The number of hydrogen-bond donors (Lipinski definition) is 2. The van der Waals surface area contributed by atoms with Gasteiger partial charge < -0.3 is 5.32 Å². The second-order valence-corrected chi connectivity index (χ2v) is 4.20. The maximum absolute atomic E-state index is 7.97. The molecule has 16 heavy (non-hydrogen) atoms. The van der Waals surface area contributed by atoms with Crippen LogP contribution in [0.3, 0.4) is 0 Å². The van der Waals surface area contributed by atoms with E-state index in [9.17, 15) is 0 Å². The van der Waals surface area contributed by atoms with E-state index >= 15 is 0 Å². The molecule has 0 saturated carbocycles. The summed E-state index contributed by atoms with van der Waals surface area (Å²) in [6, 6.07) is 17.4. The number of anilines is 1. The van der Waals surface area contributed by atoms with Crippen molar-refractivity contribution in [3.63, 3.8) is 0 Å². The van der Waals surface area contributed by atoms with Gasteiger partial charge in [-0.25, -0.2) is 0 Å².